The SMILES string of the molecule is CCCCCCCCOC(=O)N1C(=O)CSC1=S. The predicted molar refractivity (Wildman–Crippen MR) is 76.6 cm³/mol. The van der Waals surface area contributed by atoms with Crippen molar-refractivity contribution in [2.24, 2.45) is 0 Å². The molecule has 6 heteroatoms. The maximum atomic E-state index is 11.6. The van der Waals surface area contributed by atoms with Gasteiger partial charge in [-0.25, -0.2) is 4.79 Å². The van der Waals surface area contributed by atoms with Gasteiger partial charge in [-0.3, -0.25) is 4.79 Å². The number of carbonyl (C=O) groups excluding carboxylic acids is 2. The molecule has 0 radical (unpaired) electrons. The average Bonchev–Trinajstić information content (AvgIpc) is 2.68. The van der Waals surface area contributed by atoms with Gasteiger partial charge in [0, 0.05) is 0 Å². The number of unbranched alkanes of at least 4 members (excludes halogenated alkanes) is 5. The molecule has 1 aliphatic heterocycles. The number of hydrogen-bond acceptors (Lipinski definition) is 5. The lowest BCUT2D eigenvalue weighted by Crippen LogP contribution is -2.35. The molecule has 0 unspecified atom stereocenters. The molecule has 0 aromatic rings. The number of ether oxygens (including phenoxy) is 1. The highest BCUT2D eigenvalue weighted by Crippen LogP contribution is 2.20. The van der Waals surface area contributed by atoms with Crippen molar-refractivity contribution in [2.45, 2.75) is 45.4 Å². The van der Waals surface area contributed by atoms with Crippen LogP contribution in [0.3, 0.4) is 0 Å². The Hall–Kier alpha value is -0.620. The zero-order valence-corrected chi connectivity index (χ0v) is 12.3. The zero-order chi connectivity index (χ0) is 13.4. The molecule has 0 aliphatic carbocycles. The van der Waals surface area contributed by atoms with Crippen molar-refractivity contribution >= 4 is 40.3 Å². The number of imide groups is 1. The normalized spacial score (nSPS) is 15.3. The van der Waals surface area contributed by atoms with Crippen LogP contribution in [-0.4, -0.2) is 33.6 Å². The molecule has 0 atom stereocenters. The van der Waals surface area contributed by atoms with Crippen molar-refractivity contribution in [2.75, 3.05) is 12.4 Å². The van der Waals surface area contributed by atoms with Crippen molar-refractivity contribution < 1.29 is 14.3 Å². The van der Waals surface area contributed by atoms with E-state index in [1.165, 1.54) is 37.4 Å². The van der Waals surface area contributed by atoms with Gasteiger partial charge in [0.15, 0.2) is 4.32 Å². The highest BCUT2D eigenvalue weighted by atomic mass is 32.2. The molecule has 0 aromatic heterocycles. The first-order valence-corrected chi connectivity index (χ1v) is 7.72. The molecule has 0 bridgehead atoms. The Morgan fingerprint density at radius 1 is 1.33 bits per heavy atom. The molecule has 1 aliphatic rings. The Morgan fingerprint density at radius 2 is 2.00 bits per heavy atom. The standard InChI is InChI=1S/C12H19NO3S2/c1-2-3-4-5-6-7-8-16-11(15)13-10(14)9-18-12(13)17/h2-9H2,1H3. The molecule has 4 nitrogen and oxygen atoms in total. The second-order valence-corrected chi connectivity index (χ2v) is 5.78. The number of amides is 2. The van der Waals surface area contributed by atoms with Crippen LogP contribution in [0.4, 0.5) is 4.79 Å². The van der Waals surface area contributed by atoms with E-state index in [1.54, 1.807) is 0 Å². The van der Waals surface area contributed by atoms with Crippen molar-refractivity contribution in [1.29, 1.82) is 0 Å². The summed E-state index contributed by atoms with van der Waals surface area (Å²) in [6, 6.07) is 0. The van der Waals surface area contributed by atoms with Crippen molar-refractivity contribution in [3.05, 3.63) is 0 Å². The molecule has 2 amide bonds. The third kappa shape index (κ3) is 4.94. The molecule has 0 spiro atoms. The maximum absolute atomic E-state index is 11.6. The van der Waals surface area contributed by atoms with Gasteiger partial charge in [0.05, 0.1) is 12.4 Å². The Morgan fingerprint density at radius 3 is 2.61 bits per heavy atom. The summed E-state index contributed by atoms with van der Waals surface area (Å²) in [7, 11) is 0. The molecule has 1 rings (SSSR count). The minimum Gasteiger partial charge on any atom is -0.449 e. The molecule has 18 heavy (non-hydrogen) atoms. The van der Waals surface area contributed by atoms with E-state index in [0.717, 1.165) is 17.7 Å². The number of rotatable bonds is 7. The highest BCUT2D eigenvalue weighted by Gasteiger charge is 2.33. The van der Waals surface area contributed by atoms with Gasteiger partial charge in [-0.2, -0.15) is 4.90 Å². The predicted octanol–water partition coefficient (Wildman–Crippen LogP) is 3.34. The summed E-state index contributed by atoms with van der Waals surface area (Å²) in [5, 5.41) is 0. The monoisotopic (exact) mass is 289 g/mol. The van der Waals surface area contributed by atoms with Crippen LogP contribution in [-0.2, 0) is 9.53 Å². The molecule has 1 saturated heterocycles. The van der Waals surface area contributed by atoms with Gasteiger partial charge in [0.2, 0.25) is 5.91 Å². The summed E-state index contributed by atoms with van der Waals surface area (Å²) in [6.07, 6.45) is 6.16. The second kappa shape index (κ2) is 8.48. The third-order valence-corrected chi connectivity index (χ3v) is 4.01. The van der Waals surface area contributed by atoms with Crippen LogP contribution in [0.5, 0.6) is 0 Å². The fraction of sp³-hybridized carbons (Fsp3) is 0.750. The van der Waals surface area contributed by atoms with E-state index < -0.39 is 6.09 Å². The van der Waals surface area contributed by atoms with Gasteiger partial charge in [-0.15, -0.1) is 0 Å². The number of nitrogens with zero attached hydrogens (tertiary/aromatic N) is 1. The topological polar surface area (TPSA) is 46.6 Å². The number of hydrogen-bond donors (Lipinski definition) is 0. The first kappa shape index (κ1) is 15.4. The zero-order valence-electron chi connectivity index (χ0n) is 10.6. The van der Waals surface area contributed by atoms with Gasteiger partial charge in [-0.1, -0.05) is 63.0 Å². The summed E-state index contributed by atoms with van der Waals surface area (Å²) in [5.41, 5.74) is 0. The quantitative estimate of drug-likeness (QED) is 0.531. The molecule has 1 heterocycles. The van der Waals surface area contributed by atoms with E-state index in [0.29, 0.717) is 10.9 Å². The Kier molecular flexibility index (Phi) is 7.27. The van der Waals surface area contributed by atoms with Crippen molar-refractivity contribution in [3.8, 4) is 0 Å². The average molecular weight is 289 g/mol. The smallest absolute Gasteiger partial charge is 0.422 e. The van der Waals surface area contributed by atoms with Gasteiger partial charge in [0.25, 0.3) is 0 Å². The maximum Gasteiger partial charge on any atom is 0.422 e. The summed E-state index contributed by atoms with van der Waals surface area (Å²) < 4.78 is 5.34. The minimum atomic E-state index is -0.622. The lowest BCUT2D eigenvalue weighted by molar-refractivity contribution is -0.122. The lowest BCUT2D eigenvalue weighted by Gasteiger charge is -2.12. The fourth-order valence-corrected chi connectivity index (χ4v) is 2.67. The van der Waals surface area contributed by atoms with Crippen LogP contribution >= 0.6 is 24.0 Å². The van der Waals surface area contributed by atoms with Crippen LogP contribution < -0.4 is 0 Å². The van der Waals surface area contributed by atoms with E-state index >= 15 is 0 Å². The van der Waals surface area contributed by atoms with Crippen molar-refractivity contribution in [1.82, 2.24) is 4.90 Å². The van der Waals surface area contributed by atoms with E-state index in [4.69, 9.17) is 17.0 Å². The first-order valence-electron chi connectivity index (χ1n) is 6.33. The molecule has 102 valence electrons. The summed E-state index contributed by atoms with van der Waals surface area (Å²) in [5.74, 6) is -0.0387. The van der Waals surface area contributed by atoms with E-state index in [1.807, 2.05) is 0 Å². The molecular weight excluding hydrogens is 270 g/mol. The largest absolute Gasteiger partial charge is 0.449 e. The van der Waals surface area contributed by atoms with Crippen LogP contribution in [0.15, 0.2) is 0 Å². The van der Waals surface area contributed by atoms with E-state index in [2.05, 4.69) is 6.92 Å². The Labute approximate surface area is 117 Å². The highest BCUT2D eigenvalue weighted by molar-refractivity contribution is 8.24. The summed E-state index contributed by atoms with van der Waals surface area (Å²) >= 11 is 6.11. The molecule has 0 aromatic carbocycles. The summed E-state index contributed by atoms with van der Waals surface area (Å²) in [4.78, 5) is 23.9. The Balaban J connectivity index is 2.10. The van der Waals surface area contributed by atoms with Gasteiger partial charge >= 0.3 is 6.09 Å². The molecule has 0 N–H and O–H groups in total. The fourth-order valence-electron chi connectivity index (χ4n) is 1.64. The number of thioether (sulfide) groups is 1. The molecule has 0 saturated carbocycles. The second-order valence-electron chi connectivity index (χ2n) is 4.17. The van der Waals surface area contributed by atoms with Crippen LogP contribution in [0, 0.1) is 0 Å². The van der Waals surface area contributed by atoms with E-state index in [9.17, 15) is 9.59 Å². The number of thiocarbonyl (C=S) groups is 1. The van der Waals surface area contributed by atoms with Crippen LogP contribution in [0.25, 0.3) is 0 Å². The van der Waals surface area contributed by atoms with Gasteiger partial charge in [-0.05, 0) is 6.42 Å². The van der Waals surface area contributed by atoms with Gasteiger partial charge in [0.1, 0.15) is 0 Å². The first-order chi connectivity index (χ1) is 8.66. The number of carbonyl (C=O) groups is 2. The minimum absolute atomic E-state index is 0.241. The van der Waals surface area contributed by atoms with E-state index in [-0.39, 0.29) is 11.7 Å². The Bertz CT molecular complexity index is 304. The molecule has 1 fully saturated rings. The van der Waals surface area contributed by atoms with Crippen LogP contribution in [0.1, 0.15) is 45.4 Å². The lowest BCUT2D eigenvalue weighted by atomic mass is 10.1. The van der Waals surface area contributed by atoms with Crippen molar-refractivity contribution in [3.63, 3.8) is 0 Å². The molecular formula is C12H19NO3S2. The summed E-state index contributed by atoms with van der Waals surface area (Å²) in [6.45, 7) is 2.54. The van der Waals surface area contributed by atoms with Gasteiger partial charge < -0.3 is 4.74 Å². The third-order valence-electron chi connectivity index (χ3n) is 2.66. The van der Waals surface area contributed by atoms with Crippen LogP contribution in [0.2, 0.25) is 0 Å².